The maximum Gasteiger partial charge on any atom is 0.339 e. The number of methoxy groups -OCH3 is 1. The van der Waals surface area contributed by atoms with Crippen LogP contribution in [0.3, 0.4) is 0 Å². The molecule has 0 spiro atoms. The van der Waals surface area contributed by atoms with Crippen LogP contribution < -0.4 is 0 Å². The minimum atomic E-state index is -0.292. The second-order valence-corrected chi connectivity index (χ2v) is 4.52. The summed E-state index contributed by atoms with van der Waals surface area (Å²) in [5, 5.41) is 0. The highest BCUT2D eigenvalue weighted by molar-refractivity contribution is 5.92. The fraction of sp³-hybridized carbons (Fsp3) is 0.357. The second-order valence-electron chi connectivity index (χ2n) is 4.52. The van der Waals surface area contributed by atoms with Crippen molar-refractivity contribution < 1.29 is 9.53 Å². The van der Waals surface area contributed by atoms with Gasteiger partial charge in [0.2, 0.25) is 0 Å². The summed E-state index contributed by atoms with van der Waals surface area (Å²) >= 11 is 0. The molecule has 3 nitrogen and oxygen atoms in total. The molecule has 0 fully saturated rings. The minimum absolute atomic E-state index is 0.229. The van der Waals surface area contributed by atoms with Crippen molar-refractivity contribution in [3.63, 3.8) is 0 Å². The molecule has 0 bridgehead atoms. The lowest BCUT2D eigenvalue weighted by atomic mass is 9.94. The Hall–Kier alpha value is -1.77. The Labute approximate surface area is 102 Å². The molecule has 0 N–H and O–H groups in total. The van der Waals surface area contributed by atoms with Gasteiger partial charge in [-0.2, -0.15) is 0 Å². The zero-order valence-corrected chi connectivity index (χ0v) is 10.7. The minimum Gasteiger partial charge on any atom is -0.465 e. The van der Waals surface area contributed by atoms with Crippen molar-refractivity contribution in [1.29, 1.82) is 0 Å². The SMILES string of the molecule is COC(=O)C1=CN2C=C(C)C(C)=CC2C(C)=C1. The van der Waals surface area contributed by atoms with Gasteiger partial charge in [0.25, 0.3) is 0 Å². The number of nitrogens with zero attached hydrogens (tertiary/aromatic N) is 1. The highest BCUT2D eigenvalue weighted by atomic mass is 16.5. The van der Waals surface area contributed by atoms with Crippen molar-refractivity contribution in [2.45, 2.75) is 26.8 Å². The van der Waals surface area contributed by atoms with E-state index in [4.69, 9.17) is 4.74 Å². The number of esters is 1. The van der Waals surface area contributed by atoms with Gasteiger partial charge in [-0.3, -0.25) is 0 Å². The molecule has 0 radical (unpaired) electrons. The van der Waals surface area contributed by atoms with Crippen molar-refractivity contribution in [1.82, 2.24) is 4.90 Å². The van der Waals surface area contributed by atoms with Crippen LogP contribution in [-0.2, 0) is 9.53 Å². The lowest BCUT2D eigenvalue weighted by Crippen LogP contribution is -2.32. The number of carbonyl (C=O) groups excluding carboxylic acids is 1. The average Bonchev–Trinajstić information content (AvgIpc) is 2.30. The number of hydrogen-bond donors (Lipinski definition) is 0. The van der Waals surface area contributed by atoms with Crippen LogP contribution in [0.25, 0.3) is 0 Å². The number of allylic oxidation sites excluding steroid dienone is 2. The largest absolute Gasteiger partial charge is 0.465 e. The maximum absolute atomic E-state index is 11.5. The first-order chi connectivity index (χ1) is 8.02. The van der Waals surface area contributed by atoms with Crippen LogP contribution in [0.5, 0.6) is 0 Å². The van der Waals surface area contributed by atoms with Gasteiger partial charge in [-0.15, -0.1) is 0 Å². The zero-order chi connectivity index (χ0) is 12.6. The third kappa shape index (κ3) is 2.05. The van der Waals surface area contributed by atoms with Crippen molar-refractivity contribution in [3.05, 3.63) is 46.8 Å². The molecule has 90 valence electrons. The molecule has 2 aliphatic heterocycles. The number of ether oxygens (including phenoxy) is 1. The smallest absolute Gasteiger partial charge is 0.339 e. The Bertz CT molecular complexity index is 480. The Morgan fingerprint density at radius 1 is 1.24 bits per heavy atom. The number of carbonyl (C=O) groups is 1. The summed E-state index contributed by atoms with van der Waals surface area (Å²) < 4.78 is 4.75. The van der Waals surface area contributed by atoms with Crippen LogP contribution in [0.4, 0.5) is 0 Å². The Balaban J connectivity index is 2.37. The van der Waals surface area contributed by atoms with E-state index in [9.17, 15) is 4.79 Å². The molecule has 2 rings (SSSR count). The first-order valence-corrected chi connectivity index (χ1v) is 5.66. The fourth-order valence-corrected chi connectivity index (χ4v) is 2.10. The summed E-state index contributed by atoms with van der Waals surface area (Å²) in [6, 6.07) is 0.229. The predicted octanol–water partition coefficient (Wildman–Crippen LogP) is 2.54. The first kappa shape index (κ1) is 11.7. The summed E-state index contributed by atoms with van der Waals surface area (Å²) in [6.45, 7) is 6.21. The van der Waals surface area contributed by atoms with Crippen molar-refractivity contribution in [3.8, 4) is 0 Å². The zero-order valence-electron chi connectivity index (χ0n) is 10.7. The van der Waals surface area contributed by atoms with E-state index < -0.39 is 0 Å². The van der Waals surface area contributed by atoms with E-state index in [1.165, 1.54) is 18.3 Å². The van der Waals surface area contributed by atoms with E-state index in [2.05, 4.69) is 31.0 Å². The third-order valence-corrected chi connectivity index (χ3v) is 3.25. The van der Waals surface area contributed by atoms with Gasteiger partial charge in [-0.25, -0.2) is 4.79 Å². The molecule has 2 heterocycles. The monoisotopic (exact) mass is 231 g/mol. The first-order valence-electron chi connectivity index (χ1n) is 5.66. The van der Waals surface area contributed by atoms with Gasteiger partial charge in [0.15, 0.2) is 0 Å². The van der Waals surface area contributed by atoms with Crippen LogP contribution in [0, 0.1) is 0 Å². The predicted molar refractivity (Wildman–Crippen MR) is 67.0 cm³/mol. The molecule has 0 aliphatic carbocycles. The van der Waals surface area contributed by atoms with Crippen LogP contribution in [0.15, 0.2) is 46.8 Å². The van der Waals surface area contributed by atoms with E-state index in [0.29, 0.717) is 5.57 Å². The summed E-state index contributed by atoms with van der Waals surface area (Å²) in [5.74, 6) is -0.292. The number of hydrogen-bond acceptors (Lipinski definition) is 3. The molecular weight excluding hydrogens is 214 g/mol. The van der Waals surface area contributed by atoms with Crippen LogP contribution in [0.1, 0.15) is 20.8 Å². The molecule has 1 atom stereocenters. The summed E-state index contributed by atoms with van der Waals surface area (Å²) in [7, 11) is 1.40. The molecule has 0 amide bonds. The quantitative estimate of drug-likeness (QED) is 0.649. The molecule has 0 aromatic rings. The van der Waals surface area contributed by atoms with Gasteiger partial charge in [0.05, 0.1) is 18.7 Å². The van der Waals surface area contributed by atoms with Gasteiger partial charge in [-0.1, -0.05) is 6.08 Å². The fourth-order valence-electron chi connectivity index (χ4n) is 2.10. The second kappa shape index (κ2) is 4.24. The number of fused-ring (bicyclic) bond motifs is 1. The molecule has 0 aromatic heterocycles. The Morgan fingerprint density at radius 2 is 1.94 bits per heavy atom. The van der Waals surface area contributed by atoms with E-state index >= 15 is 0 Å². The summed E-state index contributed by atoms with van der Waals surface area (Å²) in [5.41, 5.74) is 4.25. The van der Waals surface area contributed by atoms with Crippen molar-refractivity contribution in [2.75, 3.05) is 7.11 Å². The summed E-state index contributed by atoms with van der Waals surface area (Å²) in [6.07, 6.45) is 8.02. The van der Waals surface area contributed by atoms with Gasteiger partial charge >= 0.3 is 5.97 Å². The maximum atomic E-state index is 11.5. The molecule has 17 heavy (non-hydrogen) atoms. The lowest BCUT2D eigenvalue weighted by Gasteiger charge is -2.34. The van der Waals surface area contributed by atoms with E-state index in [-0.39, 0.29) is 12.0 Å². The lowest BCUT2D eigenvalue weighted by molar-refractivity contribution is -0.135. The standard InChI is InChI=1S/C14H17NO2/c1-9-6-13-10(2)5-12(14(16)17-4)8-15(13)7-11(9)3/h5-8,13H,1-4H3. The van der Waals surface area contributed by atoms with Gasteiger partial charge in [0, 0.05) is 12.4 Å². The summed E-state index contributed by atoms with van der Waals surface area (Å²) in [4.78, 5) is 13.6. The van der Waals surface area contributed by atoms with Crippen LogP contribution >= 0.6 is 0 Å². The average molecular weight is 231 g/mol. The highest BCUT2D eigenvalue weighted by Gasteiger charge is 2.24. The van der Waals surface area contributed by atoms with E-state index in [1.54, 1.807) is 0 Å². The van der Waals surface area contributed by atoms with E-state index in [1.807, 2.05) is 19.2 Å². The molecule has 1 unspecified atom stereocenters. The Kier molecular flexibility index (Phi) is 2.92. The molecule has 2 aliphatic rings. The Morgan fingerprint density at radius 3 is 2.59 bits per heavy atom. The van der Waals surface area contributed by atoms with Crippen LogP contribution in [0.2, 0.25) is 0 Å². The van der Waals surface area contributed by atoms with Crippen molar-refractivity contribution in [2.24, 2.45) is 0 Å². The molecule has 3 heteroatoms. The van der Waals surface area contributed by atoms with Crippen LogP contribution in [-0.4, -0.2) is 24.0 Å². The molecular formula is C14H17NO2. The topological polar surface area (TPSA) is 29.5 Å². The molecule has 0 aromatic carbocycles. The number of rotatable bonds is 1. The third-order valence-electron chi connectivity index (χ3n) is 3.25. The van der Waals surface area contributed by atoms with Gasteiger partial charge in [0.1, 0.15) is 0 Å². The van der Waals surface area contributed by atoms with Gasteiger partial charge < -0.3 is 9.64 Å². The van der Waals surface area contributed by atoms with E-state index in [0.717, 1.165) is 5.57 Å². The van der Waals surface area contributed by atoms with Crippen molar-refractivity contribution >= 4 is 5.97 Å². The van der Waals surface area contributed by atoms with Gasteiger partial charge in [-0.05, 0) is 43.6 Å². The normalized spacial score (nSPS) is 23.1. The highest BCUT2D eigenvalue weighted by Crippen LogP contribution is 2.29. The molecule has 0 saturated heterocycles. The molecule has 0 saturated carbocycles.